The molecule has 0 saturated carbocycles. The van der Waals surface area contributed by atoms with E-state index < -0.39 is 10.8 Å². The Hall–Kier alpha value is -3.91. The van der Waals surface area contributed by atoms with E-state index in [-0.39, 0.29) is 16.9 Å². The molecule has 3 aromatic carbocycles. The zero-order chi connectivity index (χ0) is 24.7. The lowest BCUT2D eigenvalue weighted by molar-refractivity contribution is -0.383. The molecule has 34 heavy (non-hydrogen) atoms. The molecule has 0 atom stereocenters. The van der Waals surface area contributed by atoms with Gasteiger partial charge in [0, 0.05) is 6.07 Å². The number of aryl methyl sites for hydroxylation is 1. The summed E-state index contributed by atoms with van der Waals surface area (Å²) >= 11 is 2.10. The fraction of sp³-hybridized carbons (Fsp3) is 0.120. The van der Waals surface area contributed by atoms with Crippen LogP contribution in [0.3, 0.4) is 0 Å². The third kappa shape index (κ3) is 5.90. The first-order valence-electron chi connectivity index (χ1n) is 10.1. The summed E-state index contributed by atoms with van der Waals surface area (Å²) in [4.78, 5) is 23.2. The topological polar surface area (TPSA) is 114 Å². The van der Waals surface area contributed by atoms with Crippen molar-refractivity contribution in [1.29, 1.82) is 5.26 Å². The van der Waals surface area contributed by atoms with Gasteiger partial charge in [-0.15, -0.1) is 0 Å². The van der Waals surface area contributed by atoms with Gasteiger partial charge in [0.15, 0.2) is 11.5 Å². The monoisotopic (exact) mass is 569 g/mol. The van der Waals surface area contributed by atoms with Gasteiger partial charge in [-0.05, 0) is 70.5 Å². The smallest absolute Gasteiger partial charge is 0.292 e. The van der Waals surface area contributed by atoms with Crippen LogP contribution in [0.25, 0.3) is 6.08 Å². The van der Waals surface area contributed by atoms with Crippen LogP contribution in [-0.2, 0) is 11.4 Å². The molecule has 0 fully saturated rings. The number of para-hydroxylation sites is 2. The predicted octanol–water partition coefficient (Wildman–Crippen LogP) is 5.64. The molecule has 9 heteroatoms. The van der Waals surface area contributed by atoms with Crippen molar-refractivity contribution in [2.24, 2.45) is 0 Å². The van der Waals surface area contributed by atoms with Crippen molar-refractivity contribution in [3.8, 4) is 17.6 Å². The summed E-state index contributed by atoms with van der Waals surface area (Å²) in [6.45, 7) is 2.36. The minimum absolute atomic E-state index is 0.00534. The number of hydrogen-bond acceptors (Lipinski definition) is 6. The summed E-state index contributed by atoms with van der Waals surface area (Å²) in [5, 5.41) is 23.1. The van der Waals surface area contributed by atoms with Crippen molar-refractivity contribution in [3.63, 3.8) is 0 Å². The molecule has 0 spiro atoms. The van der Waals surface area contributed by atoms with E-state index in [0.29, 0.717) is 23.7 Å². The summed E-state index contributed by atoms with van der Waals surface area (Å²) in [5.74, 6) is 0.236. The first-order valence-corrected chi connectivity index (χ1v) is 11.1. The molecule has 0 aliphatic rings. The highest BCUT2D eigenvalue weighted by Crippen LogP contribution is 2.35. The van der Waals surface area contributed by atoms with Gasteiger partial charge in [-0.1, -0.05) is 36.4 Å². The van der Waals surface area contributed by atoms with E-state index in [4.69, 9.17) is 9.47 Å². The van der Waals surface area contributed by atoms with Gasteiger partial charge in [-0.25, -0.2) is 0 Å². The number of nitro groups is 1. The number of ether oxygens (including phenoxy) is 2. The zero-order valence-corrected chi connectivity index (χ0v) is 20.5. The Morgan fingerprint density at radius 2 is 1.91 bits per heavy atom. The van der Waals surface area contributed by atoms with Crippen LogP contribution < -0.4 is 14.8 Å². The molecule has 1 N–H and O–H groups in total. The summed E-state index contributed by atoms with van der Waals surface area (Å²) in [6, 6.07) is 18.9. The van der Waals surface area contributed by atoms with E-state index in [0.717, 1.165) is 14.7 Å². The minimum Gasteiger partial charge on any atom is -0.493 e. The standard InChI is InChI=1S/C25H20IN3O5/c1-16-7-3-4-8-18(16)15-34-24-20(26)12-17(13-23(24)33-2)11-19(14-27)25(30)28-21-9-5-6-10-22(21)29(31)32/h3-13H,15H2,1-2H3,(H,28,30). The molecule has 172 valence electrons. The summed E-state index contributed by atoms with van der Waals surface area (Å²) < 4.78 is 12.2. The third-order valence-electron chi connectivity index (χ3n) is 4.91. The second-order valence-electron chi connectivity index (χ2n) is 7.15. The van der Waals surface area contributed by atoms with Crippen LogP contribution in [0, 0.1) is 31.9 Å². The molecule has 0 unspecified atom stereocenters. The maximum absolute atomic E-state index is 12.6. The Morgan fingerprint density at radius 3 is 2.59 bits per heavy atom. The quantitative estimate of drug-likeness (QED) is 0.124. The van der Waals surface area contributed by atoms with Gasteiger partial charge in [0.25, 0.3) is 11.6 Å². The lowest BCUT2D eigenvalue weighted by Crippen LogP contribution is -2.14. The van der Waals surface area contributed by atoms with Crippen LogP contribution in [0.4, 0.5) is 11.4 Å². The lowest BCUT2D eigenvalue weighted by Gasteiger charge is -2.15. The molecule has 3 aromatic rings. The molecule has 0 aliphatic carbocycles. The van der Waals surface area contributed by atoms with Crippen LogP contribution in [-0.4, -0.2) is 17.9 Å². The average molecular weight is 569 g/mol. The molecule has 0 bridgehead atoms. The molecule has 1 amide bonds. The van der Waals surface area contributed by atoms with Crippen molar-refractivity contribution in [2.75, 3.05) is 12.4 Å². The maximum Gasteiger partial charge on any atom is 0.292 e. The average Bonchev–Trinajstić information content (AvgIpc) is 2.82. The van der Waals surface area contributed by atoms with Crippen LogP contribution in [0.1, 0.15) is 16.7 Å². The van der Waals surface area contributed by atoms with Gasteiger partial charge < -0.3 is 14.8 Å². The number of rotatable bonds is 8. The summed E-state index contributed by atoms with van der Waals surface area (Å²) in [7, 11) is 1.51. The zero-order valence-electron chi connectivity index (χ0n) is 18.4. The predicted molar refractivity (Wildman–Crippen MR) is 137 cm³/mol. The molecule has 3 rings (SSSR count). The van der Waals surface area contributed by atoms with Crippen LogP contribution in [0.5, 0.6) is 11.5 Å². The number of halogens is 1. The summed E-state index contributed by atoms with van der Waals surface area (Å²) in [5.41, 5.74) is 2.22. The summed E-state index contributed by atoms with van der Waals surface area (Å²) in [6.07, 6.45) is 1.39. The highest BCUT2D eigenvalue weighted by Gasteiger charge is 2.18. The van der Waals surface area contributed by atoms with Gasteiger partial charge in [-0.3, -0.25) is 14.9 Å². The van der Waals surface area contributed by atoms with Crippen molar-refractivity contribution >= 4 is 45.9 Å². The van der Waals surface area contributed by atoms with Gasteiger partial charge in [0.1, 0.15) is 23.9 Å². The van der Waals surface area contributed by atoms with E-state index in [1.54, 1.807) is 18.2 Å². The number of nitriles is 1. The Labute approximate surface area is 210 Å². The number of nitro benzene ring substituents is 1. The molecule has 0 saturated heterocycles. The number of anilines is 1. The molecule has 0 aliphatic heterocycles. The molecular formula is C25H20IN3O5. The first kappa shape index (κ1) is 24.7. The number of nitrogens with zero attached hydrogens (tertiary/aromatic N) is 2. The van der Waals surface area contributed by atoms with E-state index in [9.17, 15) is 20.2 Å². The Bertz CT molecular complexity index is 1310. The number of amides is 1. The highest BCUT2D eigenvalue weighted by atomic mass is 127. The van der Waals surface area contributed by atoms with E-state index >= 15 is 0 Å². The molecular weight excluding hydrogens is 549 g/mol. The maximum atomic E-state index is 12.6. The van der Waals surface area contributed by atoms with E-state index in [1.807, 2.05) is 37.3 Å². The fourth-order valence-electron chi connectivity index (χ4n) is 3.13. The highest BCUT2D eigenvalue weighted by molar-refractivity contribution is 14.1. The van der Waals surface area contributed by atoms with Crippen molar-refractivity contribution < 1.29 is 19.2 Å². The first-order chi connectivity index (χ1) is 16.3. The molecule has 0 radical (unpaired) electrons. The number of methoxy groups -OCH3 is 1. The number of hydrogen-bond donors (Lipinski definition) is 1. The second-order valence-corrected chi connectivity index (χ2v) is 8.31. The SMILES string of the molecule is COc1cc(C=C(C#N)C(=O)Nc2ccccc2[N+](=O)[O-])cc(I)c1OCc1ccccc1C. The van der Waals surface area contributed by atoms with Gasteiger partial charge in [-0.2, -0.15) is 5.26 Å². The van der Waals surface area contributed by atoms with Crippen molar-refractivity contribution in [1.82, 2.24) is 0 Å². The number of benzene rings is 3. The van der Waals surface area contributed by atoms with Crippen LogP contribution in [0.15, 0.2) is 66.2 Å². The Morgan fingerprint density at radius 1 is 1.21 bits per heavy atom. The van der Waals surface area contributed by atoms with Gasteiger partial charge in [0.05, 0.1) is 15.6 Å². The van der Waals surface area contributed by atoms with Gasteiger partial charge in [0.2, 0.25) is 0 Å². The molecule has 8 nitrogen and oxygen atoms in total. The van der Waals surface area contributed by atoms with Gasteiger partial charge >= 0.3 is 0 Å². The largest absolute Gasteiger partial charge is 0.493 e. The molecule has 0 aromatic heterocycles. The Kier molecular flexibility index (Phi) is 8.21. The Balaban J connectivity index is 1.85. The van der Waals surface area contributed by atoms with E-state index in [1.165, 1.54) is 31.4 Å². The number of nitrogens with one attached hydrogen (secondary N) is 1. The van der Waals surface area contributed by atoms with E-state index in [2.05, 4.69) is 27.9 Å². The minimum atomic E-state index is -0.759. The normalized spacial score (nSPS) is 10.8. The van der Waals surface area contributed by atoms with Crippen LogP contribution in [0.2, 0.25) is 0 Å². The van der Waals surface area contributed by atoms with Crippen molar-refractivity contribution in [2.45, 2.75) is 13.5 Å². The lowest BCUT2D eigenvalue weighted by atomic mass is 10.1. The number of carbonyl (C=O) groups excluding carboxylic acids is 1. The fourth-order valence-corrected chi connectivity index (χ4v) is 3.91. The third-order valence-corrected chi connectivity index (χ3v) is 5.71. The van der Waals surface area contributed by atoms with Crippen molar-refractivity contribution in [3.05, 3.63) is 96.6 Å². The van der Waals surface area contributed by atoms with Crippen LogP contribution >= 0.6 is 22.6 Å². The number of carbonyl (C=O) groups is 1. The second kappa shape index (κ2) is 11.3. The molecule has 0 heterocycles.